The zero-order valence-electron chi connectivity index (χ0n) is 11.4. The fraction of sp³-hybridized carbons (Fsp3) is 0.643. The van der Waals surface area contributed by atoms with Gasteiger partial charge in [-0.15, -0.1) is 0 Å². The number of aromatic nitrogens is 1. The average molecular weight is 266 g/mol. The Balaban J connectivity index is 1.92. The van der Waals surface area contributed by atoms with E-state index in [9.17, 15) is 10.2 Å². The van der Waals surface area contributed by atoms with Crippen molar-refractivity contribution in [1.82, 2.24) is 10.3 Å². The second-order valence-electron chi connectivity index (χ2n) is 5.04. The van der Waals surface area contributed by atoms with Crippen LogP contribution >= 0.6 is 0 Å². The summed E-state index contributed by atoms with van der Waals surface area (Å²) in [6, 6.07) is 0. The largest absolute Gasteiger partial charge is 0.506 e. The number of ether oxygens (including phenoxy) is 1. The monoisotopic (exact) mass is 266 g/mol. The van der Waals surface area contributed by atoms with Crippen LogP contribution in [0.2, 0.25) is 0 Å². The molecule has 1 saturated heterocycles. The zero-order chi connectivity index (χ0) is 13.7. The van der Waals surface area contributed by atoms with Gasteiger partial charge in [0.1, 0.15) is 5.75 Å². The predicted octanol–water partition coefficient (Wildman–Crippen LogP) is 1.10. The Morgan fingerprint density at radius 3 is 2.84 bits per heavy atom. The predicted molar refractivity (Wildman–Crippen MR) is 71.8 cm³/mol. The Morgan fingerprint density at radius 2 is 2.16 bits per heavy atom. The number of aromatic hydroxyl groups is 1. The van der Waals surface area contributed by atoms with Crippen LogP contribution in [0.4, 0.5) is 0 Å². The number of nitrogens with zero attached hydrogens (tertiary/aromatic N) is 1. The lowest BCUT2D eigenvalue weighted by molar-refractivity contribution is 0.0662. The highest BCUT2D eigenvalue weighted by Gasteiger charge is 2.15. The number of aliphatic hydroxyl groups excluding tert-OH is 1. The van der Waals surface area contributed by atoms with E-state index in [0.29, 0.717) is 23.7 Å². The summed E-state index contributed by atoms with van der Waals surface area (Å²) in [6.07, 6.45) is 3.79. The molecule has 2 rings (SSSR count). The van der Waals surface area contributed by atoms with Crippen molar-refractivity contribution in [2.75, 3.05) is 19.8 Å². The molecular weight excluding hydrogens is 244 g/mol. The Kier molecular flexibility index (Phi) is 5.13. The van der Waals surface area contributed by atoms with Crippen molar-refractivity contribution >= 4 is 0 Å². The molecule has 0 saturated carbocycles. The highest BCUT2D eigenvalue weighted by atomic mass is 16.5. The topological polar surface area (TPSA) is 74.6 Å². The van der Waals surface area contributed by atoms with Crippen LogP contribution in [0.1, 0.15) is 29.7 Å². The number of hydrogen-bond donors (Lipinski definition) is 3. The average Bonchev–Trinajstić information content (AvgIpc) is 2.45. The SMILES string of the molecule is Cc1ncc(CO)c(CNCC2CCOCC2)c1O. The van der Waals surface area contributed by atoms with Gasteiger partial charge in [0.15, 0.2) is 0 Å². The van der Waals surface area contributed by atoms with Crippen LogP contribution in [0.15, 0.2) is 6.20 Å². The molecule has 1 aliphatic rings. The lowest BCUT2D eigenvalue weighted by Gasteiger charge is -2.22. The second kappa shape index (κ2) is 6.84. The van der Waals surface area contributed by atoms with Gasteiger partial charge in [0.2, 0.25) is 0 Å². The third-order valence-corrected chi connectivity index (χ3v) is 3.68. The molecule has 19 heavy (non-hydrogen) atoms. The first-order valence-electron chi connectivity index (χ1n) is 6.78. The minimum Gasteiger partial charge on any atom is -0.506 e. The van der Waals surface area contributed by atoms with E-state index in [-0.39, 0.29) is 12.4 Å². The van der Waals surface area contributed by atoms with Gasteiger partial charge in [0.05, 0.1) is 12.3 Å². The third-order valence-electron chi connectivity index (χ3n) is 3.68. The number of rotatable bonds is 5. The van der Waals surface area contributed by atoms with Crippen LogP contribution in [0.5, 0.6) is 5.75 Å². The Hall–Kier alpha value is -1.17. The molecule has 0 spiro atoms. The summed E-state index contributed by atoms with van der Waals surface area (Å²) in [5, 5.41) is 22.7. The molecule has 0 aromatic carbocycles. The first-order valence-corrected chi connectivity index (χ1v) is 6.78. The molecule has 5 nitrogen and oxygen atoms in total. The van der Waals surface area contributed by atoms with E-state index in [1.165, 1.54) is 0 Å². The number of nitrogens with one attached hydrogen (secondary N) is 1. The maximum absolute atomic E-state index is 10.0. The summed E-state index contributed by atoms with van der Waals surface area (Å²) in [5.41, 5.74) is 2.03. The van der Waals surface area contributed by atoms with Gasteiger partial charge in [-0.3, -0.25) is 4.98 Å². The molecule has 1 aromatic rings. The molecule has 2 heterocycles. The molecule has 1 aromatic heterocycles. The number of aryl methyl sites for hydroxylation is 1. The van der Waals surface area contributed by atoms with Gasteiger partial charge in [-0.25, -0.2) is 0 Å². The fourth-order valence-electron chi connectivity index (χ4n) is 2.37. The molecule has 5 heteroatoms. The van der Waals surface area contributed by atoms with Crippen molar-refractivity contribution in [3.05, 3.63) is 23.0 Å². The van der Waals surface area contributed by atoms with Crippen molar-refractivity contribution < 1.29 is 14.9 Å². The van der Waals surface area contributed by atoms with Crippen LogP contribution in [0.25, 0.3) is 0 Å². The first kappa shape index (κ1) is 14.2. The minimum atomic E-state index is -0.102. The van der Waals surface area contributed by atoms with E-state index in [1.807, 2.05) is 0 Å². The summed E-state index contributed by atoms with van der Waals surface area (Å²) in [7, 11) is 0. The summed E-state index contributed by atoms with van der Waals surface area (Å²) in [4.78, 5) is 4.05. The maximum atomic E-state index is 10.0. The van der Waals surface area contributed by atoms with Crippen LogP contribution < -0.4 is 5.32 Å². The third kappa shape index (κ3) is 3.65. The lowest BCUT2D eigenvalue weighted by atomic mass is 10.00. The lowest BCUT2D eigenvalue weighted by Crippen LogP contribution is -2.27. The fourth-order valence-corrected chi connectivity index (χ4v) is 2.37. The van der Waals surface area contributed by atoms with Gasteiger partial charge in [-0.2, -0.15) is 0 Å². The summed E-state index contributed by atoms with van der Waals surface area (Å²) < 4.78 is 5.33. The Bertz CT molecular complexity index is 417. The van der Waals surface area contributed by atoms with E-state index >= 15 is 0 Å². The van der Waals surface area contributed by atoms with Gasteiger partial charge in [-0.05, 0) is 32.2 Å². The minimum absolute atomic E-state index is 0.102. The van der Waals surface area contributed by atoms with Crippen LogP contribution in [0, 0.1) is 12.8 Å². The molecule has 0 amide bonds. The molecule has 0 radical (unpaired) electrons. The van der Waals surface area contributed by atoms with E-state index in [2.05, 4.69) is 10.3 Å². The first-order chi connectivity index (χ1) is 9.22. The molecule has 106 valence electrons. The van der Waals surface area contributed by atoms with E-state index in [1.54, 1.807) is 13.1 Å². The van der Waals surface area contributed by atoms with Gasteiger partial charge < -0.3 is 20.3 Å². The molecule has 1 aliphatic heterocycles. The maximum Gasteiger partial charge on any atom is 0.141 e. The van der Waals surface area contributed by atoms with Crippen molar-refractivity contribution in [1.29, 1.82) is 0 Å². The highest BCUT2D eigenvalue weighted by Crippen LogP contribution is 2.23. The second-order valence-corrected chi connectivity index (χ2v) is 5.04. The van der Waals surface area contributed by atoms with Crippen molar-refractivity contribution in [2.45, 2.75) is 32.9 Å². The number of hydrogen-bond acceptors (Lipinski definition) is 5. The standard InChI is InChI=1S/C14H22N2O3/c1-10-14(18)13(12(9-17)7-16-10)8-15-6-11-2-4-19-5-3-11/h7,11,15,17-18H,2-6,8-9H2,1H3. The number of aliphatic hydroxyl groups is 1. The quantitative estimate of drug-likeness (QED) is 0.744. The van der Waals surface area contributed by atoms with Crippen LogP contribution in [0.3, 0.4) is 0 Å². The van der Waals surface area contributed by atoms with Crippen molar-refractivity contribution in [3.63, 3.8) is 0 Å². The van der Waals surface area contributed by atoms with Gasteiger partial charge in [0, 0.05) is 37.1 Å². The smallest absolute Gasteiger partial charge is 0.141 e. The van der Waals surface area contributed by atoms with Gasteiger partial charge in [-0.1, -0.05) is 0 Å². The van der Waals surface area contributed by atoms with Crippen molar-refractivity contribution in [3.8, 4) is 5.75 Å². The number of pyridine rings is 1. The molecule has 1 fully saturated rings. The molecular formula is C14H22N2O3. The van der Waals surface area contributed by atoms with Crippen molar-refractivity contribution in [2.24, 2.45) is 5.92 Å². The molecule has 0 unspecified atom stereocenters. The van der Waals surface area contributed by atoms with Gasteiger partial charge >= 0.3 is 0 Å². The normalized spacial score (nSPS) is 16.7. The summed E-state index contributed by atoms with van der Waals surface area (Å²) >= 11 is 0. The van der Waals surface area contributed by atoms with E-state index in [4.69, 9.17) is 4.74 Å². The van der Waals surface area contributed by atoms with E-state index < -0.39 is 0 Å². The molecule has 3 N–H and O–H groups in total. The van der Waals surface area contributed by atoms with Crippen LogP contribution in [-0.4, -0.2) is 35.0 Å². The van der Waals surface area contributed by atoms with Gasteiger partial charge in [0.25, 0.3) is 0 Å². The highest BCUT2D eigenvalue weighted by molar-refractivity contribution is 5.40. The molecule has 0 aliphatic carbocycles. The van der Waals surface area contributed by atoms with E-state index in [0.717, 1.165) is 38.2 Å². The molecule has 0 atom stereocenters. The summed E-state index contributed by atoms with van der Waals surface area (Å²) in [6.45, 7) is 4.81. The zero-order valence-corrected chi connectivity index (χ0v) is 11.4. The molecule has 0 bridgehead atoms. The van der Waals surface area contributed by atoms with Crippen LogP contribution in [-0.2, 0) is 17.9 Å². The Morgan fingerprint density at radius 1 is 1.42 bits per heavy atom. The summed E-state index contributed by atoms with van der Waals surface area (Å²) in [5.74, 6) is 0.822. The Labute approximate surface area is 113 Å².